The fourth-order valence-electron chi connectivity index (χ4n) is 2.04. The maximum absolute atomic E-state index is 2.33. The van der Waals surface area contributed by atoms with Crippen molar-refractivity contribution >= 4 is 11.3 Å². The first-order valence-corrected chi connectivity index (χ1v) is 6.56. The molecule has 16 heavy (non-hydrogen) atoms. The number of hydrogen-bond donors (Lipinski definition) is 0. The summed E-state index contributed by atoms with van der Waals surface area (Å²) in [4.78, 5) is 0. The third kappa shape index (κ3) is 2.19. The molecule has 84 valence electrons. The fraction of sp³-hybridized carbons (Fsp3) is 0.333. The van der Waals surface area contributed by atoms with Crippen molar-refractivity contribution in [2.45, 2.75) is 33.1 Å². The van der Waals surface area contributed by atoms with Gasteiger partial charge in [0.05, 0.1) is 0 Å². The van der Waals surface area contributed by atoms with Gasteiger partial charge in [0.2, 0.25) is 0 Å². The van der Waals surface area contributed by atoms with E-state index < -0.39 is 0 Å². The average Bonchev–Trinajstić information content (AvgIpc) is 2.69. The van der Waals surface area contributed by atoms with E-state index in [0.29, 0.717) is 0 Å². The number of hydrogen-bond acceptors (Lipinski definition) is 1. The predicted octanol–water partition coefficient (Wildman–Crippen LogP) is 5.02. The zero-order valence-corrected chi connectivity index (χ0v) is 11.2. The lowest BCUT2D eigenvalue weighted by molar-refractivity contribution is 0.586. The second-order valence-corrected chi connectivity index (χ2v) is 6.07. The topological polar surface area (TPSA) is 0 Å². The summed E-state index contributed by atoms with van der Waals surface area (Å²) < 4.78 is 0. The lowest BCUT2D eigenvalue weighted by Crippen LogP contribution is -2.12. The Morgan fingerprint density at radius 2 is 1.75 bits per heavy atom. The van der Waals surface area contributed by atoms with Crippen LogP contribution in [0, 0.1) is 6.92 Å². The molecule has 0 saturated heterocycles. The smallest absolute Gasteiger partial charge is 0.00147 e. The van der Waals surface area contributed by atoms with Gasteiger partial charge in [-0.2, -0.15) is 11.3 Å². The molecule has 0 unspecified atom stereocenters. The van der Waals surface area contributed by atoms with Crippen LogP contribution in [0.5, 0.6) is 0 Å². The third-order valence-electron chi connectivity index (χ3n) is 2.90. The second-order valence-electron chi connectivity index (χ2n) is 5.29. The molecule has 0 aliphatic carbocycles. The molecule has 0 amide bonds. The number of thiophene rings is 1. The Kier molecular flexibility index (Phi) is 2.90. The van der Waals surface area contributed by atoms with Crippen molar-refractivity contribution in [3.05, 3.63) is 46.2 Å². The molecule has 1 heterocycles. The van der Waals surface area contributed by atoms with Crippen molar-refractivity contribution < 1.29 is 0 Å². The fourth-order valence-corrected chi connectivity index (χ4v) is 2.70. The van der Waals surface area contributed by atoms with Crippen LogP contribution in [0.3, 0.4) is 0 Å². The first-order valence-electron chi connectivity index (χ1n) is 5.62. The van der Waals surface area contributed by atoms with Crippen LogP contribution in [0.15, 0.2) is 35.0 Å². The number of aryl methyl sites for hydroxylation is 1. The highest BCUT2D eigenvalue weighted by Gasteiger charge is 2.16. The van der Waals surface area contributed by atoms with Crippen LogP contribution >= 0.6 is 11.3 Å². The van der Waals surface area contributed by atoms with E-state index in [1.165, 1.54) is 22.3 Å². The van der Waals surface area contributed by atoms with Crippen LogP contribution in [-0.2, 0) is 5.41 Å². The molecule has 2 aromatic rings. The Labute approximate surface area is 102 Å². The van der Waals surface area contributed by atoms with Gasteiger partial charge in [-0.25, -0.2) is 0 Å². The van der Waals surface area contributed by atoms with Gasteiger partial charge >= 0.3 is 0 Å². The van der Waals surface area contributed by atoms with E-state index in [-0.39, 0.29) is 5.41 Å². The highest BCUT2D eigenvalue weighted by Crippen LogP contribution is 2.31. The molecule has 1 heteroatoms. The van der Waals surface area contributed by atoms with Gasteiger partial charge in [0.1, 0.15) is 0 Å². The van der Waals surface area contributed by atoms with Crippen LogP contribution in [0.1, 0.15) is 31.9 Å². The van der Waals surface area contributed by atoms with Gasteiger partial charge < -0.3 is 0 Å². The van der Waals surface area contributed by atoms with E-state index in [4.69, 9.17) is 0 Å². The Hall–Kier alpha value is -1.08. The Balaban J connectivity index is 2.52. The quantitative estimate of drug-likeness (QED) is 0.645. The molecule has 0 nitrogen and oxygen atoms in total. The van der Waals surface area contributed by atoms with Crippen LogP contribution in [-0.4, -0.2) is 0 Å². The molecule has 0 bridgehead atoms. The van der Waals surface area contributed by atoms with E-state index in [2.05, 4.69) is 62.7 Å². The lowest BCUT2D eigenvalue weighted by atomic mass is 9.83. The van der Waals surface area contributed by atoms with E-state index in [1.54, 1.807) is 11.3 Å². The summed E-state index contributed by atoms with van der Waals surface area (Å²) in [5.74, 6) is 0. The maximum atomic E-state index is 2.33. The predicted molar refractivity (Wildman–Crippen MR) is 73.2 cm³/mol. The minimum Gasteiger partial charge on any atom is -0.152 e. The molecule has 0 atom stereocenters. The van der Waals surface area contributed by atoms with E-state index >= 15 is 0 Å². The monoisotopic (exact) mass is 230 g/mol. The van der Waals surface area contributed by atoms with Crippen molar-refractivity contribution in [3.8, 4) is 11.1 Å². The van der Waals surface area contributed by atoms with Gasteiger partial charge in [-0.3, -0.25) is 0 Å². The molecule has 0 aliphatic heterocycles. The molecule has 1 aromatic heterocycles. The van der Waals surface area contributed by atoms with Crippen molar-refractivity contribution in [2.24, 2.45) is 0 Å². The summed E-state index contributed by atoms with van der Waals surface area (Å²) in [6.45, 7) is 9.00. The summed E-state index contributed by atoms with van der Waals surface area (Å²) in [7, 11) is 0. The van der Waals surface area contributed by atoms with Crippen LogP contribution in [0.2, 0.25) is 0 Å². The van der Waals surface area contributed by atoms with Gasteiger partial charge in [0.15, 0.2) is 0 Å². The molecule has 0 spiro atoms. The molecule has 0 saturated carbocycles. The van der Waals surface area contributed by atoms with Crippen LogP contribution in [0.4, 0.5) is 0 Å². The van der Waals surface area contributed by atoms with E-state index in [0.717, 1.165) is 0 Å². The van der Waals surface area contributed by atoms with Crippen LogP contribution in [0.25, 0.3) is 11.1 Å². The second kappa shape index (κ2) is 4.06. The first-order chi connectivity index (χ1) is 7.48. The highest BCUT2D eigenvalue weighted by molar-refractivity contribution is 7.08. The zero-order chi connectivity index (χ0) is 11.8. The molecule has 0 N–H and O–H groups in total. The lowest BCUT2D eigenvalue weighted by Gasteiger charge is -2.22. The van der Waals surface area contributed by atoms with Crippen molar-refractivity contribution in [3.63, 3.8) is 0 Å². The normalized spacial score (nSPS) is 11.8. The van der Waals surface area contributed by atoms with Gasteiger partial charge in [-0.1, -0.05) is 39.0 Å². The summed E-state index contributed by atoms with van der Waals surface area (Å²) in [6, 6.07) is 8.96. The molecular weight excluding hydrogens is 212 g/mol. The van der Waals surface area contributed by atoms with Gasteiger partial charge in [-0.05, 0) is 51.4 Å². The van der Waals surface area contributed by atoms with Crippen molar-refractivity contribution in [2.75, 3.05) is 0 Å². The van der Waals surface area contributed by atoms with Gasteiger partial charge in [0, 0.05) is 0 Å². The van der Waals surface area contributed by atoms with Gasteiger partial charge in [0.25, 0.3) is 0 Å². The minimum absolute atomic E-state index is 0.218. The Morgan fingerprint density at radius 1 is 1.00 bits per heavy atom. The standard InChI is InChI=1S/C15H18S/c1-11-5-6-12(13-7-8-16-10-13)9-14(11)15(2,3)4/h5-10H,1-4H3. The van der Waals surface area contributed by atoms with Crippen molar-refractivity contribution in [1.82, 2.24) is 0 Å². The number of rotatable bonds is 1. The van der Waals surface area contributed by atoms with E-state index in [9.17, 15) is 0 Å². The maximum Gasteiger partial charge on any atom is -0.00147 e. The number of benzene rings is 1. The average molecular weight is 230 g/mol. The molecule has 0 radical (unpaired) electrons. The van der Waals surface area contributed by atoms with E-state index in [1.807, 2.05) is 0 Å². The summed E-state index contributed by atoms with van der Waals surface area (Å²) >= 11 is 1.75. The first kappa shape index (κ1) is 11.4. The summed E-state index contributed by atoms with van der Waals surface area (Å²) in [5, 5.41) is 4.34. The largest absolute Gasteiger partial charge is 0.152 e. The van der Waals surface area contributed by atoms with Crippen LogP contribution < -0.4 is 0 Å². The molecule has 0 fully saturated rings. The van der Waals surface area contributed by atoms with Gasteiger partial charge in [-0.15, -0.1) is 0 Å². The zero-order valence-electron chi connectivity index (χ0n) is 10.4. The summed E-state index contributed by atoms with van der Waals surface area (Å²) in [5.41, 5.74) is 5.70. The highest BCUT2D eigenvalue weighted by atomic mass is 32.1. The summed E-state index contributed by atoms with van der Waals surface area (Å²) in [6.07, 6.45) is 0. The third-order valence-corrected chi connectivity index (χ3v) is 3.58. The minimum atomic E-state index is 0.218. The molecule has 2 rings (SSSR count). The SMILES string of the molecule is Cc1ccc(-c2ccsc2)cc1C(C)(C)C. The Morgan fingerprint density at radius 3 is 2.31 bits per heavy atom. The molecular formula is C15H18S. The molecule has 1 aromatic carbocycles. The Bertz CT molecular complexity index is 473. The van der Waals surface area contributed by atoms with Crippen molar-refractivity contribution in [1.29, 1.82) is 0 Å². The molecule has 0 aliphatic rings.